The first-order valence-corrected chi connectivity index (χ1v) is 9.20. The number of hydrogen-bond donors (Lipinski definition) is 0. The van der Waals surface area contributed by atoms with E-state index in [1.54, 1.807) is 20.3 Å². The minimum absolute atomic E-state index is 0.174. The summed E-state index contributed by atoms with van der Waals surface area (Å²) in [7, 11) is 3.21. The maximum absolute atomic E-state index is 12.7. The average Bonchev–Trinajstić information content (AvgIpc) is 2.70. The monoisotopic (exact) mass is 378 g/mol. The van der Waals surface area contributed by atoms with Crippen LogP contribution < -0.4 is 14.2 Å². The molecule has 0 fully saturated rings. The Balaban J connectivity index is 1.92. The average molecular weight is 378 g/mol. The molecule has 0 spiro atoms. The molecule has 0 aromatic heterocycles. The summed E-state index contributed by atoms with van der Waals surface area (Å²) in [5.74, 6) is 1.40. The Hall–Kier alpha value is -3.21. The molecule has 1 aliphatic rings. The molecule has 28 heavy (non-hydrogen) atoms. The highest BCUT2D eigenvalue weighted by Gasteiger charge is 2.30. The number of rotatable bonds is 5. The number of carbonyl (C=O) groups excluding carboxylic acids is 1. The van der Waals surface area contributed by atoms with E-state index in [1.165, 1.54) is 0 Å². The highest BCUT2D eigenvalue weighted by Crippen LogP contribution is 2.43. The largest absolute Gasteiger partial charge is 0.497 e. The SMILES string of the molecule is COc1cc(OC)c2c(OCc3ccccc3)c3c(cc2c1)CC(C)OC3=O. The van der Waals surface area contributed by atoms with E-state index < -0.39 is 0 Å². The van der Waals surface area contributed by atoms with Crippen LogP contribution in [0.15, 0.2) is 48.5 Å². The summed E-state index contributed by atoms with van der Waals surface area (Å²) in [4.78, 5) is 12.7. The van der Waals surface area contributed by atoms with Crippen LogP contribution in [-0.2, 0) is 17.8 Å². The van der Waals surface area contributed by atoms with Crippen molar-refractivity contribution in [3.63, 3.8) is 0 Å². The summed E-state index contributed by atoms with van der Waals surface area (Å²) in [6.45, 7) is 2.23. The van der Waals surface area contributed by atoms with E-state index in [1.807, 2.05) is 49.4 Å². The van der Waals surface area contributed by atoms with Gasteiger partial charge in [0.05, 0.1) is 19.6 Å². The third-order valence-corrected chi connectivity index (χ3v) is 4.91. The van der Waals surface area contributed by atoms with Gasteiger partial charge in [-0.3, -0.25) is 0 Å². The zero-order valence-corrected chi connectivity index (χ0v) is 16.2. The van der Waals surface area contributed by atoms with Crippen LogP contribution >= 0.6 is 0 Å². The fraction of sp³-hybridized carbons (Fsp3) is 0.261. The van der Waals surface area contributed by atoms with Crippen LogP contribution in [-0.4, -0.2) is 26.3 Å². The number of hydrogen-bond acceptors (Lipinski definition) is 5. The van der Waals surface area contributed by atoms with Crippen molar-refractivity contribution in [1.82, 2.24) is 0 Å². The van der Waals surface area contributed by atoms with Gasteiger partial charge in [-0.15, -0.1) is 0 Å². The topological polar surface area (TPSA) is 54.0 Å². The number of methoxy groups -OCH3 is 2. The summed E-state index contributed by atoms with van der Waals surface area (Å²) in [5, 5.41) is 1.64. The van der Waals surface area contributed by atoms with E-state index in [0.29, 0.717) is 35.8 Å². The highest BCUT2D eigenvalue weighted by atomic mass is 16.5. The van der Waals surface area contributed by atoms with E-state index >= 15 is 0 Å². The van der Waals surface area contributed by atoms with Gasteiger partial charge in [0, 0.05) is 12.5 Å². The highest BCUT2D eigenvalue weighted by molar-refractivity contribution is 6.06. The van der Waals surface area contributed by atoms with E-state index in [2.05, 4.69) is 0 Å². The summed E-state index contributed by atoms with van der Waals surface area (Å²) in [6.07, 6.45) is 0.463. The lowest BCUT2D eigenvalue weighted by atomic mass is 9.93. The third kappa shape index (κ3) is 3.24. The molecule has 0 amide bonds. The minimum atomic E-state index is -0.364. The van der Waals surface area contributed by atoms with Crippen molar-refractivity contribution in [2.24, 2.45) is 0 Å². The van der Waals surface area contributed by atoms with Crippen molar-refractivity contribution in [2.75, 3.05) is 14.2 Å². The Morgan fingerprint density at radius 1 is 1.07 bits per heavy atom. The minimum Gasteiger partial charge on any atom is -0.497 e. The van der Waals surface area contributed by atoms with Gasteiger partial charge < -0.3 is 18.9 Å². The Morgan fingerprint density at radius 3 is 2.57 bits per heavy atom. The maximum atomic E-state index is 12.7. The number of cyclic esters (lactones) is 1. The number of fused-ring (bicyclic) bond motifs is 2. The molecule has 0 saturated heterocycles. The van der Waals surface area contributed by atoms with Crippen molar-refractivity contribution in [3.05, 3.63) is 65.2 Å². The van der Waals surface area contributed by atoms with Gasteiger partial charge in [-0.1, -0.05) is 30.3 Å². The fourth-order valence-electron chi connectivity index (χ4n) is 3.63. The predicted octanol–water partition coefficient (Wildman–Crippen LogP) is 4.54. The molecule has 0 N–H and O–H groups in total. The van der Waals surface area contributed by atoms with Gasteiger partial charge >= 0.3 is 5.97 Å². The Bertz CT molecular complexity index is 1030. The first-order valence-electron chi connectivity index (χ1n) is 9.20. The van der Waals surface area contributed by atoms with E-state index in [9.17, 15) is 4.79 Å². The Morgan fingerprint density at radius 2 is 1.86 bits per heavy atom. The standard InChI is InChI=1S/C23H22O5/c1-14-9-16-10-17-11-18(25-2)12-19(26-3)20(17)22(21(16)23(24)28-14)27-13-15-7-5-4-6-8-15/h4-8,10-12,14H,9,13H2,1-3H3. The van der Waals surface area contributed by atoms with Gasteiger partial charge in [-0.25, -0.2) is 4.79 Å². The van der Waals surface area contributed by atoms with Gasteiger partial charge in [0.1, 0.15) is 35.5 Å². The molecule has 5 heteroatoms. The molecule has 144 valence electrons. The molecule has 0 aliphatic carbocycles. The molecule has 3 aromatic rings. The van der Waals surface area contributed by atoms with Crippen LogP contribution in [0, 0.1) is 0 Å². The summed E-state index contributed by atoms with van der Waals surface area (Å²) < 4.78 is 22.7. The van der Waals surface area contributed by atoms with Crippen molar-refractivity contribution >= 4 is 16.7 Å². The smallest absolute Gasteiger partial charge is 0.342 e. The second-order valence-corrected chi connectivity index (χ2v) is 6.86. The van der Waals surface area contributed by atoms with Crippen LogP contribution in [0.3, 0.4) is 0 Å². The molecule has 0 radical (unpaired) electrons. The second kappa shape index (κ2) is 7.43. The van der Waals surface area contributed by atoms with Crippen molar-refractivity contribution < 1.29 is 23.7 Å². The number of benzene rings is 3. The summed E-state index contributed by atoms with van der Waals surface area (Å²) in [5.41, 5.74) is 2.40. The van der Waals surface area contributed by atoms with Gasteiger partial charge in [0.2, 0.25) is 0 Å². The van der Waals surface area contributed by atoms with E-state index in [4.69, 9.17) is 18.9 Å². The number of esters is 1. The lowest BCUT2D eigenvalue weighted by Gasteiger charge is -2.25. The molecule has 1 aliphatic heterocycles. The van der Waals surface area contributed by atoms with Crippen LogP contribution in [0.25, 0.3) is 10.8 Å². The predicted molar refractivity (Wildman–Crippen MR) is 106 cm³/mol. The number of ether oxygens (including phenoxy) is 4. The fourth-order valence-corrected chi connectivity index (χ4v) is 3.63. The third-order valence-electron chi connectivity index (χ3n) is 4.91. The quantitative estimate of drug-likeness (QED) is 0.610. The molecular formula is C23H22O5. The molecule has 1 heterocycles. The molecule has 1 atom stereocenters. The van der Waals surface area contributed by atoms with Crippen LogP contribution in [0.4, 0.5) is 0 Å². The zero-order chi connectivity index (χ0) is 19.7. The molecular weight excluding hydrogens is 356 g/mol. The zero-order valence-electron chi connectivity index (χ0n) is 16.2. The first-order chi connectivity index (χ1) is 13.6. The van der Waals surface area contributed by atoms with E-state index in [0.717, 1.165) is 21.9 Å². The first kappa shape index (κ1) is 18.2. The van der Waals surface area contributed by atoms with Crippen LogP contribution in [0.1, 0.15) is 28.4 Å². The second-order valence-electron chi connectivity index (χ2n) is 6.86. The molecule has 4 rings (SSSR count). The Labute approximate surface area is 163 Å². The van der Waals surface area contributed by atoms with Gasteiger partial charge in [0.15, 0.2) is 0 Å². The molecule has 0 bridgehead atoms. The van der Waals surface area contributed by atoms with Gasteiger partial charge in [-0.05, 0) is 35.6 Å². The van der Waals surface area contributed by atoms with E-state index in [-0.39, 0.29) is 12.1 Å². The van der Waals surface area contributed by atoms with Crippen LogP contribution in [0.2, 0.25) is 0 Å². The lowest BCUT2D eigenvalue weighted by molar-refractivity contribution is 0.0295. The lowest BCUT2D eigenvalue weighted by Crippen LogP contribution is -2.26. The van der Waals surface area contributed by atoms with Crippen molar-refractivity contribution in [3.8, 4) is 17.2 Å². The number of carbonyl (C=O) groups is 1. The van der Waals surface area contributed by atoms with Crippen molar-refractivity contribution in [2.45, 2.75) is 26.1 Å². The molecule has 1 unspecified atom stereocenters. The van der Waals surface area contributed by atoms with Crippen molar-refractivity contribution in [1.29, 1.82) is 0 Å². The van der Waals surface area contributed by atoms with Crippen LogP contribution in [0.5, 0.6) is 17.2 Å². The Kier molecular flexibility index (Phi) is 4.82. The molecule has 3 aromatic carbocycles. The van der Waals surface area contributed by atoms with Gasteiger partial charge in [-0.2, -0.15) is 0 Å². The molecule has 0 saturated carbocycles. The molecule has 5 nitrogen and oxygen atoms in total. The maximum Gasteiger partial charge on any atom is 0.342 e. The summed E-state index contributed by atoms with van der Waals surface area (Å²) in [6, 6.07) is 15.6. The normalized spacial score (nSPS) is 15.7. The van der Waals surface area contributed by atoms with Gasteiger partial charge in [0.25, 0.3) is 0 Å². The summed E-state index contributed by atoms with van der Waals surface area (Å²) >= 11 is 0.